The van der Waals surface area contributed by atoms with E-state index in [9.17, 15) is 0 Å². The maximum absolute atomic E-state index is 2.34. The molecular weight excluding hydrogens is 130 g/mol. The molecule has 2 heteroatoms. The summed E-state index contributed by atoms with van der Waals surface area (Å²) < 4.78 is 2.34. The molecule has 2 aliphatic heterocycles. The van der Waals surface area contributed by atoms with Crippen molar-refractivity contribution in [3.63, 3.8) is 0 Å². The van der Waals surface area contributed by atoms with Crippen LogP contribution in [0.3, 0.4) is 0 Å². The van der Waals surface area contributed by atoms with Gasteiger partial charge < -0.3 is 4.31 Å². The van der Waals surface area contributed by atoms with E-state index >= 15 is 0 Å². The summed E-state index contributed by atoms with van der Waals surface area (Å²) >= 11 is 1.86. The van der Waals surface area contributed by atoms with Crippen LogP contribution in [-0.4, -0.2) is 10.8 Å². The average molecular weight is 139 g/mol. The molecule has 0 atom stereocenters. The van der Waals surface area contributed by atoms with Gasteiger partial charge in [-0.2, -0.15) is 0 Å². The Morgan fingerprint density at radius 3 is 3.33 bits per heavy atom. The standard InChI is InChI=1S/C7H9NS/c1-6-5-7-3-2-4-8(7)9-6/h3,5H,2,4H2,1H3. The lowest BCUT2D eigenvalue weighted by atomic mass is 10.4. The van der Waals surface area contributed by atoms with E-state index in [2.05, 4.69) is 23.4 Å². The van der Waals surface area contributed by atoms with Gasteiger partial charge in [-0.15, -0.1) is 0 Å². The molecule has 0 unspecified atom stereocenters. The first-order valence-electron chi connectivity index (χ1n) is 3.20. The SMILES string of the molecule is CC1=CC2=CCCN2S1. The lowest BCUT2D eigenvalue weighted by molar-refractivity contribution is 0.653. The van der Waals surface area contributed by atoms with Crippen molar-refractivity contribution >= 4 is 11.9 Å². The van der Waals surface area contributed by atoms with Gasteiger partial charge in [-0.25, -0.2) is 0 Å². The van der Waals surface area contributed by atoms with Gasteiger partial charge in [0.15, 0.2) is 0 Å². The van der Waals surface area contributed by atoms with E-state index in [1.54, 1.807) is 0 Å². The maximum Gasteiger partial charge on any atom is 0.0442 e. The van der Waals surface area contributed by atoms with E-state index in [0.717, 1.165) is 0 Å². The first kappa shape index (κ1) is 5.42. The zero-order valence-electron chi connectivity index (χ0n) is 5.42. The summed E-state index contributed by atoms with van der Waals surface area (Å²) in [7, 11) is 0. The van der Waals surface area contributed by atoms with Crippen LogP contribution in [0.4, 0.5) is 0 Å². The molecule has 0 aromatic heterocycles. The molecule has 0 radical (unpaired) electrons. The van der Waals surface area contributed by atoms with Crippen molar-refractivity contribution in [2.75, 3.05) is 6.54 Å². The van der Waals surface area contributed by atoms with Crippen LogP contribution < -0.4 is 0 Å². The molecule has 9 heavy (non-hydrogen) atoms. The van der Waals surface area contributed by atoms with Crippen molar-refractivity contribution in [1.82, 2.24) is 4.31 Å². The van der Waals surface area contributed by atoms with Crippen molar-refractivity contribution in [2.24, 2.45) is 0 Å². The lowest BCUT2D eigenvalue weighted by Crippen LogP contribution is -2.03. The molecule has 0 N–H and O–H groups in total. The van der Waals surface area contributed by atoms with Crippen LogP contribution in [0.5, 0.6) is 0 Å². The van der Waals surface area contributed by atoms with E-state index in [4.69, 9.17) is 0 Å². The van der Waals surface area contributed by atoms with Crippen LogP contribution in [0.25, 0.3) is 0 Å². The van der Waals surface area contributed by atoms with Crippen molar-refractivity contribution < 1.29 is 0 Å². The van der Waals surface area contributed by atoms with E-state index in [1.807, 2.05) is 11.9 Å². The smallest absolute Gasteiger partial charge is 0.0442 e. The topological polar surface area (TPSA) is 3.24 Å². The van der Waals surface area contributed by atoms with E-state index in [1.165, 1.54) is 23.6 Å². The van der Waals surface area contributed by atoms with E-state index in [0.29, 0.717) is 0 Å². The minimum Gasteiger partial charge on any atom is -0.312 e. The Hall–Kier alpha value is -0.370. The molecule has 0 bridgehead atoms. The largest absolute Gasteiger partial charge is 0.312 e. The number of allylic oxidation sites excluding steroid dienone is 2. The third-order valence-corrected chi connectivity index (χ3v) is 2.60. The predicted molar refractivity (Wildman–Crippen MR) is 40.8 cm³/mol. The van der Waals surface area contributed by atoms with Gasteiger partial charge in [0.05, 0.1) is 0 Å². The van der Waals surface area contributed by atoms with Gasteiger partial charge >= 0.3 is 0 Å². The Bertz CT molecular complexity index is 193. The average Bonchev–Trinajstić information content (AvgIpc) is 2.22. The quantitative estimate of drug-likeness (QED) is 0.473. The molecule has 2 rings (SSSR count). The van der Waals surface area contributed by atoms with E-state index in [-0.39, 0.29) is 0 Å². The summed E-state index contributed by atoms with van der Waals surface area (Å²) in [5, 5.41) is 0. The van der Waals surface area contributed by atoms with Gasteiger partial charge in [0.2, 0.25) is 0 Å². The first-order chi connectivity index (χ1) is 4.36. The second-order valence-corrected chi connectivity index (χ2v) is 3.63. The van der Waals surface area contributed by atoms with Crippen LogP contribution in [0.15, 0.2) is 22.8 Å². The molecule has 0 saturated heterocycles. The fraction of sp³-hybridized carbons (Fsp3) is 0.429. The van der Waals surface area contributed by atoms with Crippen molar-refractivity contribution in [1.29, 1.82) is 0 Å². The summed E-state index contributed by atoms with van der Waals surface area (Å²) in [6, 6.07) is 0. The Balaban J connectivity index is 2.29. The molecule has 0 aromatic rings. The summed E-state index contributed by atoms with van der Waals surface area (Å²) in [6.07, 6.45) is 5.77. The highest BCUT2D eigenvalue weighted by Gasteiger charge is 2.19. The number of hydrogen-bond donors (Lipinski definition) is 0. The molecule has 0 saturated carbocycles. The number of hydrogen-bond acceptors (Lipinski definition) is 2. The van der Waals surface area contributed by atoms with Gasteiger partial charge in [0, 0.05) is 17.1 Å². The van der Waals surface area contributed by atoms with Crippen molar-refractivity contribution in [3.8, 4) is 0 Å². The third-order valence-electron chi connectivity index (χ3n) is 1.58. The Labute approximate surface area is 59.6 Å². The van der Waals surface area contributed by atoms with Crippen molar-refractivity contribution in [3.05, 3.63) is 22.8 Å². The normalized spacial score (nSPS) is 23.9. The van der Waals surface area contributed by atoms with Crippen LogP contribution >= 0.6 is 11.9 Å². The van der Waals surface area contributed by atoms with Gasteiger partial charge in [0.25, 0.3) is 0 Å². The minimum absolute atomic E-state index is 1.20. The van der Waals surface area contributed by atoms with Crippen molar-refractivity contribution in [2.45, 2.75) is 13.3 Å². The first-order valence-corrected chi connectivity index (χ1v) is 3.97. The number of rotatable bonds is 0. The molecule has 48 valence electrons. The van der Waals surface area contributed by atoms with Gasteiger partial charge in [-0.3, -0.25) is 0 Å². The summed E-state index contributed by atoms with van der Waals surface area (Å²) in [6.45, 7) is 3.36. The molecule has 2 heterocycles. The highest BCUT2D eigenvalue weighted by Crippen LogP contribution is 2.37. The highest BCUT2D eigenvalue weighted by molar-refractivity contribution is 8.01. The fourth-order valence-corrected chi connectivity index (χ4v) is 2.15. The van der Waals surface area contributed by atoms with Gasteiger partial charge in [-0.05, 0) is 31.4 Å². The summed E-state index contributed by atoms with van der Waals surface area (Å²) in [5.74, 6) is 0. The van der Waals surface area contributed by atoms with Crippen LogP contribution in [0.2, 0.25) is 0 Å². The Kier molecular flexibility index (Phi) is 1.09. The van der Waals surface area contributed by atoms with E-state index < -0.39 is 0 Å². The molecule has 0 spiro atoms. The molecule has 0 aliphatic carbocycles. The minimum atomic E-state index is 1.20. The molecule has 0 fully saturated rings. The summed E-state index contributed by atoms with van der Waals surface area (Å²) in [5.41, 5.74) is 1.41. The van der Waals surface area contributed by atoms with Crippen LogP contribution in [-0.2, 0) is 0 Å². The highest BCUT2D eigenvalue weighted by atomic mass is 32.2. The Morgan fingerprint density at radius 1 is 1.67 bits per heavy atom. The molecule has 1 nitrogen and oxygen atoms in total. The monoisotopic (exact) mass is 139 g/mol. The van der Waals surface area contributed by atoms with Gasteiger partial charge in [0.1, 0.15) is 0 Å². The second kappa shape index (κ2) is 1.81. The van der Waals surface area contributed by atoms with Crippen LogP contribution in [0.1, 0.15) is 13.3 Å². The van der Waals surface area contributed by atoms with Crippen LogP contribution in [0, 0.1) is 0 Å². The second-order valence-electron chi connectivity index (χ2n) is 2.37. The van der Waals surface area contributed by atoms with Gasteiger partial charge in [-0.1, -0.05) is 6.08 Å². The predicted octanol–water partition coefficient (Wildman–Crippen LogP) is 2.14. The number of nitrogens with zero attached hydrogens (tertiary/aromatic N) is 1. The number of fused-ring (bicyclic) bond motifs is 1. The molecular formula is C7H9NS. The lowest BCUT2D eigenvalue weighted by Gasteiger charge is -2.10. The maximum atomic E-state index is 2.34. The zero-order chi connectivity index (χ0) is 6.27. The Morgan fingerprint density at radius 2 is 2.56 bits per heavy atom. The molecule has 0 aromatic carbocycles. The zero-order valence-corrected chi connectivity index (χ0v) is 6.24. The third kappa shape index (κ3) is 0.778. The summed E-state index contributed by atoms with van der Waals surface area (Å²) in [4.78, 5) is 1.42. The molecule has 0 amide bonds. The fourth-order valence-electron chi connectivity index (χ4n) is 1.20. The molecule has 2 aliphatic rings.